The Bertz CT molecular complexity index is 3700. The zero-order valence-electron chi connectivity index (χ0n) is 47.2. The molecule has 3 atom stereocenters. The van der Waals surface area contributed by atoms with E-state index in [0.717, 1.165) is 61.0 Å². The summed E-state index contributed by atoms with van der Waals surface area (Å²) < 4.78 is 60.4. The fourth-order valence-corrected chi connectivity index (χ4v) is 9.90. The molecule has 0 saturated heterocycles. The van der Waals surface area contributed by atoms with E-state index < -0.39 is 12.2 Å². The molecule has 2 aliphatic rings. The molecule has 0 aliphatic carbocycles. The van der Waals surface area contributed by atoms with Gasteiger partial charge in [0.2, 0.25) is 17.2 Å². The number of hydrogen-bond acceptors (Lipinski definition) is 16. The van der Waals surface area contributed by atoms with Crippen molar-refractivity contribution in [1.82, 2.24) is 0 Å². The normalized spacial score (nSPS) is 14.5. The van der Waals surface area contributed by atoms with Gasteiger partial charge in [-0.3, -0.25) is 14.4 Å². The van der Waals surface area contributed by atoms with Gasteiger partial charge in [0, 0.05) is 44.8 Å². The van der Waals surface area contributed by atoms with Crippen molar-refractivity contribution < 1.29 is 76.7 Å². The van der Waals surface area contributed by atoms with Gasteiger partial charge in [0.1, 0.15) is 35.7 Å². The number of hydrogen-bond donors (Lipinski definition) is 2. The Hall–Kier alpha value is -9.67. The van der Waals surface area contributed by atoms with E-state index in [-0.39, 0.29) is 37.3 Å². The second-order valence-corrected chi connectivity index (χ2v) is 18.7. The molecule has 0 saturated carbocycles. The van der Waals surface area contributed by atoms with E-state index in [1.54, 1.807) is 66.9 Å². The third-order valence-electron chi connectivity index (χ3n) is 14.0. The van der Waals surface area contributed by atoms with Crippen LogP contribution in [0.25, 0.3) is 32.3 Å². The van der Waals surface area contributed by atoms with Crippen LogP contribution in [0.1, 0.15) is 93.3 Å². The van der Waals surface area contributed by atoms with Crippen LogP contribution in [0.5, 0.6) is 69.0 Å². The lowest BCUT2D eigenvalue weighted by molar-refractivity contribution is 0.0669. The monoisotopic (exact) mass is 1130 g/mol. The molecule has 0 fully saturated rings. The molecule has 2 aliphatic heterocycles. The number of fused-ring (bicyclic) bond motifs is 7. The molecule has 2 heterocycles. The first kappa shape index (κ1) is 61.0. The van der Waals surface area contributed by atoms with Gasteiger partial charge in [-0.1, -0.05) is 104 Å². The molecule has 0 radical (unpaired) electrons. The number of carbonyl (C=O) groups excluding carboxylic acids is 3. The fraction of sp³-hybridized carbons (Fsp3) is 0.239. The molecule has 0 spiro atoms. The lowest BCUT2D eigenvalue weighted by Crippen LogP contribution is -2.20. The van der Waals surface area contributed by atoms with Crippen molar-refractivity contribution in [3.05, 3.63) is 179 Å². The second-order valence-electron chi connectivity index (χ2n) is 18.7. The number of phenolic OH excluding ortho intramolecular Hbond substituents is 1. The minimum atomic E-state index is -0.609. The molecule has 432 valence electrons. The van der Waals surface area contributed by atoms with Crippen LogP contribution in [-0.2, 0) is 0 Å². The van der Waals surface area contributed by atoms with E-state index in [1.165, 1.54) is 28.3 Å². The zero-order chi connectivity index (χ0) is 58.6. The largest absolute Gasteiger partial charge is 0.507 e. The van der Waals surface area contributed by atoms with E-state index in [4.69, 9.17) is 52.1 Å². The van der Waals surface area contributed by atoms with E-state index in [9.17, 15) is 24.6 Å². The van der Waals surface area contributed by atoms with Gasteiger partial charge in [-0.25, -0.2) is 0 Å². The number of phenols is 1. The first-order chi connectivity index (χ1) is 39.8. The SMILES string of the molecule is C.CC(=O)c1ccc2ccccc2c1O.COc1cc(C2CC(=O)c3ccc4ccccc4c3O2)cc(OC)c1OC.COc1cc(C2CC(O)c3ccc4ccccc4c3O2)cc(OC)c1OC.COc1cc(C=O)cc(OC)c1OC. The molecule has 2 N–H and O–H groups in total. The van der Waals surface area contributed by atoms with Crippen LogP contribution in [0.15, 0.2) is 146 Å². The van der Waals surface area contributed by atoms with Crippen molar-refractivity contribution >= 4 is 50.2 Å². The molecule has 83 heavy (non-hydrogen) atoms. The Kier molecular flexibility index (Phi) is 20.3. The van der Waals surface area contributed by atoms with Gasteiger partial charge in [0.25, 0.3) is 0 Å². The Morgan fingerprint density at radius 3 is 1.36 bits per heavy atom. The summed E-state index contributed by atoms with van der Waals surface area (Å²) >= 11 is 0. The van der Waals surface area contributed by atoms with Gasteiger partial charge in [0.15, 0.2) is 46.1 Å². The number of ketones is 2. The van der Waals surface area contributed by atoms with Crippen LogP contribution >= 0.6 is 0 Å². The van der Waals surface area contributed by atoms with Crippen LogP contribution in [0.2, 0.25) is 0 Å². The number of aliphatic hydroxyl groups excluding tert-OH is 1. The molecule has 9 aromatic carbocycles. The summed E-state index contributed by atoms with van der Waals surface area (Å²) in [5, 5.41) is 26.2. The molecule has 16 nitrogen and oxygen atoms in total. The third kappa shape index (κ3) is 12.9. The van der Waals surface area contributed by atoms with Crippen molar-refractivity contribution in [2.24, 2.45) is 0 Å². The predicted molar refractivity (Wildman–Crippen MR) is 319 cm³/mol. The van der Waals surface area contributed by atoms with Gasteiger partial charge in [-0.05, 0) is 71.6 Å². The molecule has 11 rings (SSSR count). The lowest BCUT2D eigenvalue weighted by atomic mass is 9.92. The van der Waals surface area contributed by atoms with Crippen LogP contribution in [0.4, 0.5) is 0 Å². The first-order valence-corrected chi connectivity index (χ1v) is 25.9. The molecule has 0 bridgehead atoms. The maximum absolute atomic E-state index is 12.8. The minimum Gasteiger partial charge on any atom is -0.507 e. The highest BCUT2D eigenvalue weighted by Gasteiger charge is 2.33. The number of ether oxygens (including phenoxy) is 11. The highest BCUT2D eigenvalue weighted by atomic mass is 16.5. The van der Waals surface area contributed by atoms with Gasteiger partial charge in [-0.15, -0.1) is 0 Å². The van der Waals surface area contributed by atoms with E-state index >= 15 is 0 Å². The summed E-state index contributed by atoms with van der Waals surface area (Å²) in [5.41, 5.74) is 3.97. The molecular weight excluding hydrogens is 1060 g/mol. The number of aromatic hydroxyl groups is 1. The maximum atomic E-state index is 12.8. The first-order valence-electron chi connectivity index (χ1n) is 25.9. The number of aliphatic hydroxyl groups is 1. The summed E-state index contributed by atoms with van der Waals surface area (Å²) in [4.78, 5) is 34.5. The van der Waals surface area contributed by atoms with Gasteiger partial charge < -0.3 is 62.3 Å². The van der Waals surface area contributed by atoms with Crippen LogP contribution in [0.3, 0.4) is 0 Å². The maximum Gasteiger partial charge on any atom is 0.203 e. The number of rotatable bonds is 13. The Morgan fingerprint density at radius 1 is 0.506 bits per heavy atom. The van der Waals surface area contributed by atoms with Crippen molar-refractivity contribution in [3.8, 4) is 69.0 Å². The molecule has 0 amide bonds. The highest BCUT2D eigenvalue weighted by molar-refractivity contribution is 6.06. The Labute approximate surface area is 482 Å². The Morgan fingerprint density at radius 2 is 0.904 bits per heavy atom. The number of benzene rings is 9. The van der Waals surface area contributed by atoms with Gasteiger partial charge in [0.05, 0.1) is 87.6 Å². The summed E-state index contributed by atoms with van der Waals surface area (Å²) in [6.07, 6.45) is 0.0669. The smallest absolute Gasteiger partial charge is 0.203 e. The van der Waals surface area contributed by atoms with Crippen molar-refractivity contribution in [3.63, 3.8) is 0 Å². The van der Waals surface area contributed by atoms with E-state index in [2.05, 4.69) is 0 Å². The molecular formula is C67H68O16. The predicted octanol–water partition coefficient (Wildman–Crippen LogP) is 13.9. The third-order valence-corrected chi connectivity index (χ3v) is 14.0. The molecule has 3 unspecified atom stereocenters. The summed E-state index contributed by atoms with van der Waals surface area (Å²) in [6, 6.07) is 45.2. The van der Waals surface area contributed by atoms with Crippen molar-refractivity contribution in [1.29, 1.82) is 0 Å². The average Bonchev–Trinajstić information content (AvgIpc) is 3.64. The lowest BCUT2D eigenvalue weighted by Gasteiger charge is -2.31. The Balaban J connectivity index is 0.000000166. The van der Waals surface area contributed by atoms with Crippen LogP contribution in [-0.4, -0.2) is 92.1 Å². The quantitative estimate of drug-likeness (QED) is 0.0817. The molecule has 0 aromatic heterocycles. The standard InChI is InChI=1S/C22H22O5.C22H20O5.C12H10O2.C10H12O4.CH4/c2*1-24-19-10-14(11-20(25-2)22(19)26-3)18-12-17(23)16-9-8-13-6-4-5-7-15(13)21(16)27-18;1-8(13)10-7-6-9-4-2-3-5-11(9)12(10)14;1-12-8-4-7(6-11)5-9(13-2)10(8)14-3;/h4-11,17-18,23H,12H2,1-3H3;4-11,18H,12H2,1-3H3;2-7,14H,1H3;4-6H,1-3H3;1H4. The van der Waals surface area contributed by atoms with Gasteiger partial charge in [-0.2, -0.15) is 0 Å². The van der Waals surface area contributed by atoms with Gasteiger partial charge >= 0.3 is 0 Å². The van der Waals surface area contributed by atoms with Crippen molar-refractivity contribution in [2.75, 3.05) is 64.0 Å². The van der Waals surface area contributed by atoms with Crippen molar-refractivity contribution in [2.45, 2.75) is 45.5 Å². The van der Waals surface area contributed by atoms with Crippen LogP contribution in [0, 0.1) is 0 Å². The number of aldehydes is 1. The molecule has 9 aromatic rings. The topological polar surface area (TPSA) is 193 Å². The second kappa shape index (κ2) is 27.7. The summed E-state index contributed by atoms with van der Waals surface area (Å²) in [6.45, 7) is 1.45. The number of methoxy groups -OCH3 is 9. The van der Waals surface area contributed by atoms with Crippen LogP contribution < -0.4 is 52.1 Å². The molecule has 16 heteroatoms. The number of carbonyl (C=O) groups is 3. The summed E-state index contributed by atoms with van der Waals surface area (Å²) in [7, 11) is 14.0. The number of Topliss-reactive ketones (excluding diaryl/α,β-unsaturated/α-hetero) is 2. The average molecular weight is 1130 g/mol. The minimum absolute atomic E-state index is 0. The zero-order valence-corrected chi connectivity index (χ0v) is 47.2. The van der Waals surface area contributed by atoms with E-state index in [0.29, 0.717) is 80.6 Å². The fourth-order valence-electron chi connectivity index (χ4n) is 9.90. The highest BCUT2D eigenvalue weighted by Crippen LogP contribution is 2.49. The summed E-state index contributed by atoms with van der Waals surface area (Å²) in [5.74, 6) is 6.06. The van der Waals surface area contributed by atoms with E-state index in [1.807, 2.05) is 121 Å².